The van der Waals surface area contributed by atoms with Crippen molar-refractivity contribution in [3.8, 4) is 0 Å². The maximum Gasteiger partial charge on any atom is 0.244 e. The van der Waals surface area contributed by atoms with Crippen LogP contribution in [0.3, 0.4) is 0 Å². The molecule has 1 heterocycles. The van der Waals surface area contributed by atoms with Gasteiger partial charge in [0.2, 0.25) is 5.91 Å². The molecule has 0 saturated heterocycles. The number of aromatic nitrogens is 1. The quantitative estimate of drug-likeness (QED) is 0.801. The molecule has 0 spiro atoms. The molecule has 0 aliphatic heterocycles. The Hall–Kier alpha value is -2.36. The number of amides is 1. The molecule has 3 rings (SSSR count). The molecule has 0 unspecified atom stereocenters. The fourth-order valence-corrected chi connectivity index (χ4v) is 3.11. The maximum absolute atomic E-state index is 13.5. The lowest BCUT2D eigenvalue weighted by atomic mass is 10.1. The van der Waals surface area contributed by atoms with Gasteiger partial charge in [-0.2, -0.15) is 0 Å². The predicted molar refractivity (Wildman–Crippen MR) is 94.3 cm³/mol. The minimum absolute atomic E-state index is 0.150. The fraction of sp³-hybridized carbons (Fsp3) is 0.350. The van der Waals surface area contributed by atoms with Crippen LogP contribution in [-0.4, -0.2) is 17.0 Å². The molecule has 1 aliphatic carbocycles. The van der Waals surface area contributed by atoms with Crippen LogP contribution in [0.25, 0.3) is 6.08 Å². The molecule has 4 heteroatoms. The summed E-state index contributed by atoms with van der Waals surface area (Å²) in [6.07, 6.45) is 6.40. The molecule has 1 aromatic heterocycles. The highest BCUT2D eigenvalue weighted by Crippen LogP contribution is 2.38. The summed E-state index contributed by atoms with van der Waals surface area (Å²) >= 11 is 0. The first-order chi connectivity index (χ1) is 11.6. The van der Waals surface area contributed by atoms with Crippen molar-refractivity contribution in [3.05, 3.63) is 64.7 Å². The second-order valence-corrected chi connectivity index (χ2v) is 6.39. The molecule has 24 heavy (non-hydrogen) atoms. The van der Waals surface area contributed by atoms with E-state index in [1.807, 2.05) is 6.08 Å². The molecule has 2 aromatic rings. The number of carbonyl (C=O) groups excluding carboxylic acids is 1. The van der Waals surface area contributed by atoms with Crippen molar-refractivity contribution in [2.24, 2.45) is 0 Å². The normalized spacial score (nSPS) is 14.3. The standard InChI is InChI=1S/C20H23FN2O/c1-14-13-17(15(2)23(14)18-8-9-18)7-10-20(24)22-12-11-16-5-3-4-6-19(16)21/h3-7,10,13,18H,8-9,11-12H2,1-2H3,(H,22,24)/b10-7+. The molecule has 1 fully saturated rings. The third-order valence-electron chi connectivity index (χ3n) is 4.50. The van der Waals surface area contributed by atoms with Gasteiger partial charge in [-0.25, -0.2) is 4.39 Å². The lowest BCUT2D eigenvalue weighted by molar-refractivity contribution is -0.116. The molecular formula is C20H23FN2O. The number of nitrogens with zero attached hydrogens (tertiary/aromatic N) is 1. The number of rotatable bonds is 6. The van der Waals surface area contributed by atoms with E-state index in [0.29, 0.717) is 24.6 Å². The zero-order valence-electron chi connectivity index (χ0n) is 14.2. The van der Waals surface area contributed by atoms with Crippen LogP contribution < -0.4 is 5.32 Å². The van der Waals surface area contributed by atoms with Crippen LogP contribution in [0.4, 0.5) is 4.39 Å². The Kier molecular flexibility index (Phi) is 4.84. The van der Waals surface area contributed by atoms with Gasteiger partial charge < -0.3 is 9.88 Å². The SMILES string of the molecule is Cc1cc(/C=C/C(=O)NCCc2ccccc2F)c(C)n1C1CC1. The first-order valence-electron chi connectivity index (χ1n) is 8.44. The topological polar surface area (TPSA) is 34.0 Å². The number of hydrogen-bond donors (Lipinski definition) is 1. The Morgan fingerprint density at radius 1 is 1.33 bits per heavy atom. The summed E-state index contributed by atoms with van der Waals surface area (Å²) in [5, 5.41) is 2.81. The van der Waals surface area contributed by atoms with E-state index in [4.69, 9.17) is 0 Å². The summed E-state index contributed by atoms with van der Waals surface area (Å²) < 4.78 is 15.9. The van der Waals surface area contributed by atoms with Gasteiger partial charge in [-0.1, -0.05) is 18.2 Å². The van der Waals surface area contributed by atoms with Crippen molar-refractivity contribution in [3.63, 3.8) is 0 Å². The van der Waals surface area contributed by atoms with E-state index >= 15 is 0 Å². The molecule has 1 amide bonds. The van der Waals surface area contributed by atoms with Crippen molar-refractivity contribution >= 4 is 12.0 Å². The number of nitrogens with one attached hydrogen (secondary N) is 1. The average molecular weight is 326 g/mol. The number of hydrogen-bond acceptors (Lipinski definition) is 1. The summed E-state index contributed by atoms with van der Waals surface area (Å²) in [4.78, 5) is 11.9. The van der Waals surface area contributed by atoms with Crippen LogP contribution in [0.15, 0.2) is 36.4 Å². The van der Waals surface area contributed by atoms with E-state index in [2.05, 4.69) is 29.8 Å². The third kappa shape index (κ3) is 3.75. The molecule has 1 N–H and O–H groups in total. The average Bonchev–Trinajstić information content (AvgIpc) is 3.33. The van der Waals surface area contributed by atoms with Gasteiger partial charge in [-0.05, 0) is 62.4 Å². The van der Waals surface area contributed by atoms with Crippen molar-refractivity contribution in [2.75, 3.05) is 6.54 Å². The number of aryl methyl sites for hydroxylation is 1. The fourth-order valence-electron chi connectivity index (χ4n) is 3.11. The largest absolute Gasteiger partial charge is 0.352 e. The smallest absolute Gasteiger partial charge is 0.244 e. The molecular weight excluding hydrogens is 303 g/mol. The van der Waals surface area contributed by atoms with E-state index < -0.39 is 0 Å². The van der Waals surface area contributed by atoms with Gasteiger partial charge in [0, 0.05) is 30.1 Å². The molecule has 0 radical (unpaired) electrons. The Balaban J connectivity index is 1.54. The zero-order valence-corrected chi connectivity index (χ0v) is 14.2. The van der Waals surface area contributed by atoms with Crippen molar-refractivity contribution < 1.29 is 9.18 Å². The van der Waals surface area contributed by atoms with Crippen LogP contribution in [-0.2, 0) is 11.2 Å². The first kappa shape index (κ1) is 16.5. The summed E-state index contributed by atoms with van der Waals surface area (Å²) in [5.74, 6) is -0.377. The van der Waals surface area contributed by atoms with E-state index in [9.17, 15) is 9.18 Å². The molecule has 0 atom stereocenters. The van der Waals surface area contributed by atoms with Gasteiger partial charge in [-0.3, -0.25) is 4.79 Å². The molecule has 1 saturated carbocycles. The van der Waals surface area contributed by atoms with E-state index in [-0.39, 0.29) is 11.7 Å². The van der Waals surface area contributed by atoms with Gasteiger partial charge in [0.1, 0.15) is 5.82 Å². The monoisotopic (exact) mass is 326 g/mol. The number of halogens is 1. The number of carbonyl (C=O) groups is 1. The Labute approximate surface area is 142 Å². The van der Waals surface area contributed by atoms with Gasteiger partial charge in [-0.15, -0.1) is 0 Å². The van der Waals surface area contributed by atoms with Gasteiger partial charge in [0.25, 0.3) is 0 Å². The van der Waals surface area contributed by atoms with Crippen LogP contribution in [0.2, 0.25) is 0 Å². The summed E-state index contributed by atoms with van der Waals surface area (Å²) in [7, 11) is 0. The minimum atomic E-state index is -0.227. The number of benzene rings is 1. The zero-order chi connectivity index (χ0) is 17.1. The van der Waals surface area contributed by atoms with Crippen LogP contribution in [0, 0.1) is 19.7 Å². The van der Waals surface area contributed by atoms with E-state index in [1.165, 1.54) is 30.3 Å². The summed E-state index contributed by atoms with van der Waals surface area (Å²) in [5.41, 5.74) is 4.17. The van der Waals surface area contributed by atoms with Crippen molar-refractivity contribution in [1.29, 1.82) is 0 Å². The van der Waals surface area contributed by atoms with Crippen LogP contribution in [0.1, 0.15) is 41.4 Å². The predicted octanol–water partition coefficient (Wildman–Crippen LogP) is 3.95. The summed E-state index contributed by atoms with van der Waals surface area (Å²) in [6.45, 7) is 4.63. The summed E-state index contributed by atoms with van der Waals surface area (Å²) in [6, 6.07) is 9.41. The highest BCUT2D eigenvalue weighted by atomic mass is 19.1. The first-order valence-corrected chi connectivity index (χ1v) is 8.44. The highest BCUT2D eigenvalue weighted by molar-refractivity contribution is 5.91. The molecule has 1 aliphatic rings. The van der Waals surface area contributed by atoms with Crippen LogP contribution in [0.5, 0.6) is 0 Å². The van der Waals surface area contributed by atoms with Gasteiger partial charge in [0.15, 0.2) is 0 Å². The molecule has 0 bridgehead atoms. The second kappa shape index (κ2) is 7.04. The molecule has 1 aromatic carbocycles. The Morgan fingerprint density at radius 3 is 2.79 bits per heavy atom. The highest BCUT2D eigenvalue weighted by Gasteiger charge is 2.26. The van der Waals surface area contributed by atoms with E-state index in [0.717, 1.165) is 5.56 Å². The Morgan fingerprint density at radius 2 is 2.08 bits per heavy atom. The lowest BCUT2D eigenvalue weighted by Crippen LogP contribution is -2.23. The Bertz CT molecular complexity index is 772. The van der Waals surface area contributed by atoms with Gasteiger partial charge in [0.05, 0.1) is 0 Å². The minimum Gasteiger partial charge on any atom is -0.352 e. The lowest BCUT2D eigenvalue weighted by Gasteiger charge is -2.06. The second-order valence-electron chi connectivity index (χ2n) is 6.39. The van der Waals surface area contributed by atoms with Crippen molar-refractivity contribution in [2.45, 2.75) is 39.2 Å². The van der Waals surface area contributed by atoms with Gasteiger partial charge >= 0.3 is 0 Å². The van der Waals surface area contributed by atoms with Crippen LogP contribution >= 0.6 is 0 Å². The van der Waals surface area contributed by atoms with E-state index in [1.54, 1.807) is 24.3 Å². The molecule has 3 nitrogen and oxygen atoms in total. The third-order valence-corrected chi connectivity index (χ3v) is 4.50. The van der Waals surface area contributed by atoms with Crippen molar-refractivity contribution in [1.82, 2.24) is 9.88 Å². The maximum atomic E-state index is 13.5. The molecule has 126 valence electrons.